The number of hydrogen-bond donors (Lipinski definition) is 1. The van der Waals surface area contributed by atoms with E-state index < -0.39 is 6.04 Å². The molecule has 1 saturated carbocycles. The molecule has 0 radical (unpaired) electrons. The molecule has 3 heterocycles. The second kappa shape index (κ2) is 5.26. The van der Waals surface area contributed by atoms with Crippen LogP contribution in [-0.2, 0) is 11.3 Å². The van der Waals surface area contributed by atoms with Gasteiger partial charge < -0.3 is 14.6 Å². The molecule has 4 rings (SSSR count). The lowest BCUT2D eigenvalue weighted by Crippen LogP contribution is -2.47. The summed E-state index contributed by atoms with van der Waals surface area (Å²) in [7, 11) is 0. The molecule has 0 aromatic carbocycles. The third kappa shape index (κ3) is 2.52. The van der Waals surface area contributed by atoms with Gasteiger partial charge in [-0.25, -0.2) is 0 Å². The smallest absolute Gasteiger partial charge is 0.290 e. The number of aryl methyl sites for hydroxylation is 1. The van der Waals surface area contributed by atoms with Crippen molar-refractivity contribution in [1.82, 2.24) is 20.0 Å². The van der Waals surface area contributed by atoms with Gasteiger partial charge >= 0.3 is 0 Å². The first-order chi connectivity index (χ1) is 11.1. The summed E-state index contributed by atoms with van der Waals surface area (Å²) in [6.07, 6.45) is 5.23. The fourth-order valence-electron chi connectivity index (χ4n) is 2.90. The molecule has 1 N–H and O–H groups in total. The minimum Gasteiger partial charge on any atom is -0.459 e. The minimum atomic E-state index is -0.492. The summed E-state index contributed by atoms with van der Waals surface area (Å²) in [6, 6.07) is 3.39. The van der Waals surface area contributed by atoms with Gasteiger partial charge in [0.25, 0.3) is 5.91 Å². The number of furan rings is 1. The molecule has 2 amide bonds. The molecule has 1 aliphatic heterocycles. The van der Waals surface area contributed by atoms with Gasteiger partial charge in [0.2, 0.25) is 5.91 Å². The number of nitrogens with zero attached hydrogens (tertiary/aromatic N) is 3. The maximum Gasteiger partial charge on any atom is 0.290 e. The van der Waals surface area contributed by atoms with E-state index in [0.29, 0.717) is 18.8 Å². The fraction of sp³-hybridized carbons (Fsp3) is 0.438. The number of hydrogen-bond acceptors (Lipinski definition) is 4. The van der Waals surface area contributed by atoms with E-state index in [9.17, 15) is 9.59 Å². The van der Waals surface area contributed by atoms with Crippen LogP contribution in [-0.4, -0.2) is 39.1 Å². The van der Waals surface area contributed by atoms with Gasteiger partial charge in [-0.3, -0.25) is 14.3 Å². The Kier molecular flexibility index (Phi) is 3.21. The van der Waals surface area contributed by atoms with Crippen LogP contribution in [0.4, 0.5) is 0 Å². The Morgan fingerprint density at radius 1 is 1.35 bits per heavy atom. The molecule has 2 aromatic heterocycles. The Labute approximate surface area is 133 Å². The van der Waals surface area contributed by atoms with Crippen LogP contribution in [0.1, 0.15) is 40.7 Å². The van der Waals surface area contributed by atoms with E-state index in [4.69, 9.17) is 4.42 Å². The fourth-order valence-corrected chi connectivity index (χ4v) is 2.90. The van der Waals surface area contributed by atoms with Gasteiger partial charge in [0, 0.05) is 17.8 Å². The van der Waals surface area contributed by atoms with Gasteiger partial charge in [0.05, 0.1) is 25.0 Å². The van der Waals surface area contributed by atoms with E-state index >= 15 is 0 Å². The topological polar surface area (TPSA) is 80.4 Å². The zero-order valence-corrected chi connectivity index (χ0v) is 12.9. The molecule has 2 aliphatic rings. The third-order valence-corrected chi connectivity index (χ3v) is 4.36. The van der Waals surface area contributed by atoms with Crippen LogP contribution in [0, 0.1) is 6.92 Å². The first-order valence-corrected chi connectivity index (χ1v) is 7.79. The summed E-state index contributed by atoms with van der Waals surface area (Å²) in [5.41, 5.74) is 1.65. The van der Waals surface area contributed by atoms with Gasteiger partial charge in [0.15, 0.2) is 5.76 Å². The second-order valence-electron chi connectivity index (χ2n) is 6.18. The third-order valence-electron chi connectivity index (χ3n) is 4.36. The molecule has 1 aliphatic carbocycles. The van der Waals surface area contributed by atoms with Gasteiger partial charge in [-0.1, -0.05) is 0 Å². The van der Waals surface area contributed by atoms with E-state index in [1.807, 2.05) is 13.0 Å². The van der Waals surface area contributed by atoms with Crippen molar-refractivity contribution in [3.63, 3.8) is 0 Å². The van der Waals surface area contributed by atoms with E-state index in [-0.39, 0.29) is 17.9 Å². The molecule has 120 valence electrons. The number of amides is 2. The average Bonchev–Trinajstić information content (AvgIpc) is 3.06. The number of aromatic nitrogens is 2. The van der Waals surface area contributed by atoms with Crippen LogP contribution in [0.5, 0.6) is 0 Å². The Morgan fingerprint density at radius 2 is 2.17 bits per heavy atom. The summed E-state index contributed by atoms with van der Waals surface area (Å²) in [5, 5.41) is 7.25. The van der Waals surface area contributed by atoms with Crippen molar-refractivity contribution in [3.8, 4) is 0 Å². The Morgan fingerprint density at radius 3 is 2.87 bits per heavy atom. The summed E-state index contributed by atoms with van der Waals surface area (Å²) in [6.45, 7) is 2.56. The van der Waals surface area contributed by atoms with Crippen LogP contribution in [0.2, 0.25) is 0 Å². The van der Waals surface area contributed by atoms with Crippen LogP contribution >= 0.6 is 0 Å². The van der Waals surface area contributed by atoms with E-state index in [0.717, 1.165) is 24.1 Å². The Bertz CT molecular complexity index is 759. The van der Waals surface area contributed by atoms with Crippen molar-refractivity contribution < 1.29 is 14.0 Å². The number of nitrogens with one attached hydrogen (secondary N) is 1. The summed E-state index contributed by atoms with van der Waals surface area (Å²) >= 11 is 0. The lowest BCUT2D eigenvalue weighted by Gasteiger charge is -2.32. The number of carbonyl (C=O) groups excluding carboxylic acids is 2. The zero-order chi connectivity index (χ0) is 16.0. The highest BCUT2D eigenvalue weighted by Crippen LogP contribution is 2.25. The highest BCUT2D eigenvalue weighted by Gasteiger charge is 2.36. The van der Waals surface area contributed by atoms with Crippen molar-refractivity contribution >= 4 is 11.8 Å². The van der Waals surface area contributed by atoms with E-state index in [1.54, 1.807) is 21.8 Å². The van der Waals surface area contributed by atoms with Gasteiger partial charge in [-0.2, -0.15) is 5.10 Å². The summed E-state index contributed by atoms with van der Waals surface area (Å²) < 4.78 is 7.02. The average molecular weight is 314 g/mol. The monoisotopic (exact) mass is 314 g/mol. The van der Waals surface area contributed by atoms with Crippen molar-refractivity contribution in [2.45, 2.75) is 38.4 Å². The largest absolute Gasteiger partial charge is 0.459 e. The van der Waals surface area contributed by atoms with Crippen molar-refractivity contribution in [2.75, 3.05) is 6.54 Å². The number of fused-ring (bicyclic) bond motifs is 1. The molecule has 23 heavy (non-hydrogen) atoms. The van der Waals surface area contributed by atoms with Crippen molar-refractivity contribution in [2.24, 2.45) is 0 Å². The van der Waals surface area contributed by atoms with Gasteiger partial charge in [0.1, 0.15) is 6.04 Å². The SMILES string of the molecule is Cc1ccoc1C(=O)N1Cc2ccnn2[C@@H](C(=O)NC2CC2)C1. The normalized spacial score (nSPS) is 20.2. The molecular weight excluding hydrogens is 296 g/mol. The molecule has 1 fully saturated rings. The predicted octanol–water partition coefficient (Wildman–Crippen LogP) is 1.26. The molecule has 0 bridgehead atoms. The predicted molar refractivity (Wildman–Crippen MR) is 80.6 cm³/mol. The van der Waals surface area contributed by atoms with Gasteiger partial charge in [-0.05, 0) is 31.9 Å². The second-order valence-corrected chi connectivity index (χ2v) is 6.18. The molecule has 0 unspecified atom stereocenters. The molecule has 7 heteroatoms. The molecule has 1 atom stereocenters. The highest BCUT2D eigenvalue weighted by atomic mass is 16.3. The van der Waals surface area contributed by atoms with Crippen LogP contribution in [0.25, 0.3) is 0 Å². The summed E-state index contributed by atoms with van der Waals surface area (Å²) in [5.74, 6) is 0.0644. The molecule has 0 saturated heterocycles. The van der Waals surface area contributed by atoms with Crippen LogP contribution in [0.15, 0.2) is 29.0 Å². The van der Waals surface area contributed by atoms with E-state index in [2.05, 4.69) is 10.4 Å². The molecule has 2 aromatic rings. The molecule has 0 spiro atoms. The first-order valence-electron chi connectivity index (χ1n) is 7.79. The van der Waals surface area contributed by atoms with Crippen molar-refractivity contribution in [1.29, 1.82) is 0 Å². The Balaban J connectivity index is 1.60. The standard InChI is InChI=1S/C16H18N4O3/c1-10-5-7-23-14(10)16(22)19-8-12-4-6-17-20(12)13(9-19)15(21)18-11-2-3-11/h4-7,11,13H,2-3,8-9H2,1H3,(H,18,21)/t13-/m1/s1. The lowest BCUT2D eigenvalue weighted by atomic mass is 10.1. The van der Waals surface area contributed by atoms with Crippen LogP contribution in [0.3, 0.4) is 0 Å². The van der Waals surface area contributed by atoms with E-state index in [1.165, 1.54) is 6.26 Å². The maximum atomic E-state index is 12.7. The molecular formula is C16H18N4O3. The van der Waals surface area contributed by atoms with Gasteiger partial charge in [-0.15, -0.1) is 0 Å². The zero-order valence-electron chi connectivity index (χ0n) is 12.9. The van der Waals surface area contributed by atoms with Crippen molar-refractivity contribution in [3.05, 3.63) is 41.6 Å². The quantitative estimate of drug-likeness (QED) is 0.925. The maximum absolute atomic E-state index is 12.7. The van der Waals surface area contributed by atoms with Crippen LogP contribution < -0.4 is 5.32 Å². The molecule has 7 nitrogen and oxygen atoms in total. The Hall–Kier alpha value is -2.57. The highest BCUT2D eigenvalue weighted by molar-refractivity contribution is 5.93. The number of carbonyl (C=O) groups is 2. The summed E-state index contributed by atoms with van der Waals surface area (Å²) in [4.78, 5) is 26.8. The lowest BCUT2D eigenvalue weighted by molar-refractivity contribution is -0.125. The minimum absolute atomic E-state index is 0.0777. The first kappa shape index (κ1) is 14.0. The number of rotatable bonds is 3.